The monoisotopic (exact) mass is 759 g/mol. The van der Waals surface area contributed by atoms with Gasteiger partial charge in [-0.25, -0.2) is 9.59 Å². The zero-order chi connectivity index (χ0) is 41.3. The standard InChI is InChI=1S/C47H61N5O4/c1-12-38-35(22-23-48)43(33-18-14-31(7)15-19-33)37(41(50-38)25-30(5)6)27-52(47(9,10)11)46(54)55-28-42(53)56-45-39(13-2)51-40(24-29(3)4)36(26-49)44(45)34-20-16-32(8)17-21-34/h14-21,29-30H,12-13,22,24-28,49H2,1-11H3. The lowest BCUT2D eigenvalue weighted by atomic mass is 9.87. The van der Waals surface area contributed by atoms with E-state index in [2.05, 4.69) is 65.0 Å². The molecule has 0 aliphatic carbocycles. The van der Waals surface area contributed by atoms with Gasteiger partial charge in [0.05, 0.1) is 24.7 Å². The van der Waals surface area contributed by atoms with E-state index in [0.717, 1.165) is 73.6 Å². The van der Waals surface area contributed by atoms with Crippen LogP contribution in [0, 0.1) is 37.0 Å². The molecule has 2 aromatic heterocycles. The van der Waals surface area contributed by atoms with Crippen molar-refractivity contribution in [1.82, 2.24) is 14.9 Å². The van der Waals surface area contributed by atoms with Gasteiger partial charge >= 0.3 is 12.1 Å². The lowest BCUT2D eigenvalue weighted by molar-refractivity contribution is -0.138. The van der Waals surface area contributed by atoms with E-state index in [4.69, 9.17) is 25.2 Å². The fourth-order valence-corrected chi connectivity index (χ4v) is 7.06. The van der Waals surface area contributed by atoms with Crippen molar-refractivity contribution in [3.63, 3.8) is 0 Å². The van der Waals surface area contributed by atoms with Crippen molar-refractivity contribution in [3.8, 4) is 34.1 Å². The molecule has 56 heavy (non-hydrogen) atoms. The molecular formula is C47H61N5O4. The summed E-state index contributed by atoms with van der Waals surface area (Å²) in [4.78, 5) is 39.7. The van der Waals surface area contributed by atoms with Gasteiger partial charge in [0.2, 0.25) is 0 Å². The van der Waals surface area contributed by atoms with E-state index in [1.165, 1.54) is 0 Å². The molecule has 4 aromatic rings. The molecule has 0 spiro atoms. The number of nitrogens with two attached hydrogens (primary N) is 1. The number of pyridine rings is 2. The second-order valence-corrected chi connectivity index (χ2v) is 16.5. The molecule has 0 atom stereocenters. The van der Waals surface area contributed by atoms with Gasteiger partial charge in [-0.05, 0) is 100.0 Å². The summed E-state index contributed by atoms with van der Waals surface area (Å²) in [7, 11) is 0. The molecule has 9 nitrogen and oxygen atoms in total. The number of nitriles is 1. The number of hydrogen-bond donors (Lipinski definition) is 1. The topological polar surface area (TPSA) is 131 Å². The summed E-state index contributed by atoms with van der Waals surface area (Å²) in [5.74, 6) is 0.249. The van der Waals surface area contributed by atoms with Crippen molar-refractivity contribution in [2.45, 2.75) is 127 Å². The third-order valence-corrected chi connectivity index (χ3v) is 9.87. The van der Waals surface area contributed by atoms with Crippen LogP contribution in [0.4, 0.5) is 4.79 Å². The average Bonchev–Trinajstić information content (AvgIpc) is 3.13. The van der Waals surface area contributed by atoms with E-state index >= 15 is 0 Å². The van der Waals surface area contributed by atoms with Crippen molar-refractivity contribution in [1.29, 1.82) is 5.26 Å². The van der Waals surface area contributed by atoms with E-state index < -0.39 is 24.2 Å². The van der Waals surface area contributed by atoms with Crippen LogP contribution in [0.2, 0.25) is 0 Å². The molecule has 298 valence electrons. The maximum absolute atomic E-state index is 14.2. The molecule has 0 fully saturated rings. The third kappa shape index (κ3) is 10.6. The molecule has 2 N–H and O–H groups in total. The minimum atomic E-state index is -0.720. The number of carbonyl (C=O) groups excluding carboxylic acids is 2. The molecular weight excluding hydrogens is 699 g/mol. The third-order valence-electron chi connectivity index (χ3n) is 9.87. The van der Waals surface area contributed by atoms with E-state index in [1.807, 2.05) is 65.8 Å². The normalized spacial score (nSPS) is 11.5. The van der Waals surface area contributed by atoms with Crippen molar-refractivity contribution >= 4 is 12.1 Å². The number of nitrogens with zero attached hydrogens (tertiary/aromatic N) is 4. The van der Waals surface area contributed by atoms with Crippen LogP contribution in [0.25, 0.3) is 22.3 Å². The van der Waals surface area contributed by atoms with E-state index in [-0.39, 0.29) is 25.4 Å². The number of rotatable bonds is 15. The SMILES string of the molecule is CCc1nc(CC(C)C)c(CN(C(=O)OCC(=O)Oc2c(CC)nc(CC(C)C)c(CN)c2-c2ccc(C)cc2)C(C)(C)C)c(-c2ccc(C)cc2)c1CC#N. The summed E-state index contributed by atoms with van der Waals surface area (Å²) < 4.78 is 11.9. The minimum absolute atomic E-state index is 0.163. The highest BCUT2D eigenvalue weighted by molar-refractivity contribution is 5.83. The lowest BCUT2D eigenvalue weighted by Crippen LogP contribution is -2.46. The smallest absolute Gasteiger partial charge is 0.411 e. The Morgan fingerprint density at radius 1 is 0.768 bits per heavy atom. The molecule has 9 heteroatoms. The average molecular weight is 760 g/mol. The molecule has 0 aliphatic heterocycles. The second-order valence-electron chi connectivity index (χ2n) is 16.5. The molecule has 0 saturated carbocycles. The van der Waals surface area contributed by atoms with Crippen molar-refractivity contribution in [3.05, 3.63) is 99.1 Å². The zero-order valence-corrected chi connectivity index (χ0v) is 35.4. The van der Waals surface area contributed by atoms with E-state index in [0.29, 0.717) is 36.6 Å². The summed E-state index contributed by atoms with van der Waals surface area (Å²) >= 11 is 0. The molecule has 0 bridgehead atoms. The van der Waals surface area contributed by atoms with Gasteiger partial charge < -0.3 is 15.2 Å². The summed E-state index contributed by atoms with van der Waals surface area (Å²) in [5, 5.41) is 9.97. The Bertz CT molecular complexity index is 2040. The Morgan fingerprint density at radius 3 is 1.73 bits per heavy atom. The maximum Gasteiger partial charge on any atom is 0.411 e. The Labute approximate surface area is 334 Å². The number of carbonyl (C=O) groups is 2. The highest BCUT2D eigenvalue weighted by atomic mass is 16.6. The first-order valence-electron chi connectivity index (χ1n) is 20.0. The van der Waals surface area contributed by atoms with Gasteiger partial charge in [0.15, 0.2) is 12.4 Å². The lowest BCUT2D eigenvalue weighted by Gasteiger charge is -2.36. The van der Waals surface area contributed by atoms with E-state index in [1.54, 1.807) is 4.90 Å². The van der Waals surface area contributed by atoms with Gasteiger partial charge in [0, 0.05) is 40.3 Å². The summed E-state index contributed by atoms with van der Waals surface area (Å²) in [6, 6.07) is 18.7. The summed E-state index contributed by atoms with van der Waals surface area (Å²) in [6.07, 6.45) is 2.13. The summed E-state index contributed by atoms with van der Waals surface area (Å²) in [6.45, 7) is 22.2. The van der Waals surface area contributed by atoms with Crippen LogP contribution in [0.15, 0.2) is 48.5 Å². The fourth-order valence-electron chi connectivity index (χ4n) is 7.06. The fraction of sp³-hybridized carbons (Fsp3) is 0.468. The number of aryl methyl sites for hydroxylation is 4. The number of aromatic nitrogens is 2. The van der Waals surface area contributed by atoms with Gasteiger partial charge in [-0.15, -0.1) is 0 Å². The molecule has 0 aliphatic rings. The second kappa shape index (κ2) is 19.2. The molecule has 2 heterocycles. The number of hydrogen-bond acceptors (Lipinski definition) is 8. The van der Waals surface area contributed by atoms with Gasteiger partial charge in [-0.3, -0.25) is 14.9 Å². The first-order valence-corrected chi connectivity index (χ1v) is 20.0. The van der Waals surface area contributed by atoms with Crippen LogP contribution in [-0.2, 0) is 54.7 Å². The Hall–Kier alpha value is -5.07. The highest BCUT2D eigenvalue weighted by Crippen LogP contribution is 2.39. The predicted molar refractivity (Wildman–Crippen MR) is 224 cm³/mol. The Balaban J connectivity index is 1.75. The number of ether oxygens (including phenoxy) is 2. The highest BCUT2D eigenvalue weighted by Gasteiger charge is 2.32. The number of esters is 1. The van der Waals surface area contributed by atoms with Crippen LogP contribution < -0.4 is 10.5 Å². The van der Waals surface area contributed by atoms with Crippen LogP contribution in [0.5, 0.6) is 5.75 Å². The van der Waals surface area contributed by atoms with Crippen LogP contribution in [0.3, 0.4) is 0 Å². The van der Waals surface area contributed by atoms with Crippen molar-refractivity contribution in [2.75, 3.05) is 6.61 Å². The molecule has 1 amide bonds. The first kappa shape index (κ1) is 43.7. The Kier molecular flexibility index (Phi) is 15.0. The van der Waals surface area contributed by atoms with Gasteiger partial charge in [-0.2, -0.15) is 5.26 Å². The molecule has 4 rings (SSSR count). The van der Waals surface area contributed by atoms with Crippen molar-refractivity contribution in [2.24, 2.45) is 17.6 Å². The number of amides is 1. The van der Waals surface area contributed by atoms with Gasteiger partial charge in [-0.1, -0.05) is 101 Å². The largest absolute Gasteiger partial charge is 0.437 e. The van der Waals surface area contributed by atoms with Crippen LogP contribution in [0.1, 0.15) is 113 Å². The number of benzene rings is 2. The van der Waals surface area contributed by atoms with Gasteiger partial charge in [0.1, 0.15) is 0 Å². The van der Waals surface area contributed by atoms with Crippen LogP contribution >= 0.6 is 0 Å². The van der Waals surface area contributed by atoms with Crippen LogP contribution in [-0.4, -0.2) is 39.1 Å². The predicted octanol–water partition coefficient (Wildman–Crippen LogP) is 9.82. The first-order chi connectivity index (χ1) is 26.5. The summed E-state index contributed by atoms with van der Waals surface area (Å²) in [5.41, 5.74) is 17.3. The molecule has 2 aromatic carbocycles. The Morgan fingerprint density at radius 2 is 1.27 bits per heavy atom. The van der Waals surface area contributed by atoms with Crippen molar-refractivity contribution < 1.29 is 19.1 Å². The molecule has 0 radical (unpaired) electrons. The molecule has 0 saturated heterocycles. The quantitative estimate of drug-likeness (QED) is 0.119. The zero-order valence-electron chi connectivity index (χ0n) is 35.4. The van der Waals surface area contributed by atoms with E-state index in [9.17, 15) is 14.9 Å². The minimum Gasteiger partial charge on any atom is -0.437 e. The maximum atomic E-state index is 14.2. The molecule has 0 unspecified atom stereocenters. The van der Waals surface area contributed by atoms with Gasteiger partial charge in [0.25, 0.3) is 0 Å².